The van der Waals surface area contributed by atoms with Gasteiger partial charge in [-0.2, -0.15) is 0 Å². The standard InChI is InChI=1S/C23H21N3O7/c1-3-13-24(21(28)15-5-11-18(12-6-15)26(31)32)19-14-20(27)25(22(19)29)17-9-7-16(8-10-17)23(30)33-4-2/h3,5-12,19H,1,4,13-14H2,2H3. The summed E-state index contributed by atoms with van der Waals surface area (Å²) in [6.45, 7) is 5.50. The van der Waals surface area contributed by atoms with Crippen molar-refractivity contribution >= 4 is 35.1 Å². The predicted octanol–water partition coefficient (Wildman–Crippen LogP) is 2.73. The van der Waals surface area contributed by atoms with Crippen LogP contribution in [0, 0.1) is 10.1 Å². The molecule has 0 N–H and O–H groups in total. The number of nitrogens with zero attached hydrogens (tertiary/aromatic N) is 3. The van der Waals surface area contributed by atoms with E-state index in [0.717, 1.165) is 4.90 Å². The third-order valence-corrected chi connectivity index (χ3v) is 5.05. The molecule has 1 fully saturated rings. The molecule has 1 aliphatic heterocycles. The number of hydrogen-bond donors (Lipinski definition) is 0. The van der Waals surface area contributed by atoms with Gasteiger partial charge in [-0.15, -0.1) is 6.58 Å². The first-order chi connectivity index (χ1) is 15.8. The minimum atomic E-state index is -1.07. The second-order valence-electron chi connectivity index (χ2n) is 7.10. The Morgan fingerprint density at radius 3 is 2.30 bits per heavy atom. The van der Waals surface area contributed by atoms with Crippen LogP contribution in [0.25, 0.3) is 0 Å². The van der Waals surface area contributed by atoms with Crippen molar-refractivity contribution in [2.24, 2.45) is 0 Å². The molecule has 170 valence electrons. The fourth-order valence-electron chi connectivity index (χ4n) is 3.47. The summed E-state index contributed by atoms with van der Waals surface area (Å²) in [4.78, 5) is 63.1. The highest BCUT2D eigenvalue weighted by atomic mass is 16.6. The highest BCUT2D eigenvalue weighted by molar-refractivity contribution is 6.23. The van der Waals surface area contributed by atoms with Gasteiger partial charge in [-0.05, 0) is 43.3 Å². The molecular formula is C23H21N3O7. The Morgan fingerprint density at radius 1 is 1.15 bits per heavy atom. The maximum absolute atomic E-state index is 13.1. The minimum Gasteiger partial charge on any atom is -0.462 e. The van der Waals surface area contributed by atoms with E-state index in [1.165, 1.54) is 59.5 Å². The second-order valence-corrected chi connectivity index (χ2v) is 7.10. The van der Waals surface area contributed by atoms with Crippen LogP contribution < -0.4 is 4.90 Å². The van der Waals surface area contributed by atoms with Crippen LogP contribution in [0.1, 0.15) is 34.1 Å². The molecule has 1 atom stereocenters. The van der Waals surface area contributed by atoms with Crippen LogP contribution in [0.3, 0.4) is 0 Å². The molecule has 3 rings (SSSR count). The molecule has 3 amide bonds. The molecule has 33 heavy (non-hydrogen) atoms. The first-order valence-corrected chi connectivity index (χ1v) is 10.1. The van der Waals surface area contributed by atoms with Crippen molar-refractivity contribution in [2.75, 3.05) is 18.1 Å². The number of benzene rings is 2. The summed E-state index contributed by atoms with van der Waals surface area (Å²) in [5, 5.41) is 10.9. The van der Waals surface area contributed by atoms with Crippen molar-refractivity contribution in [3.63, 3.8) is 0 Å². The van der Waals surface area contributed by atoms with Crippen molar-refractivity contribution in [3.8, 4) is 0 Å². The number of nitro groups is 1. The molecule has 2 aromatic carbocycles. The van der Waals surface area contributed by atoms with E-state index < -0.39 is 34.7 Å². The summed E-state index contributed by atoms with van der Waals surface area (Å²) in [6.07, 6.45) is 1.20. The molecule has 1 saturated heterocycles. The van der Waals surface area contributed by atoms with E-state index in [0.29, 0.717) is 0 Å². The lowest BCUT2D eigenvalue weighted by Gasteiger charge is -2.26. The summed E-state index contributed by atoms with van der Waals surface area (Å²) in [6, 6.07) is 9.73. The second kappa shape index (κ2) is 9.86. The molecule has 0 radical (unpaired) electrons. The van der Waals surface area contributed by atoms with Crippen molar-refractivity contribution in [3.05, 3.63) is 82.4 Å². The van der Waals surface area contributed by atoms with Crippen LogP contribution >= 0.6 is 0 Å². The van der Waals surface area contributed by atoms with Gasteiger partial charge in [-0.1, -0.05) is 6.08 Å². The van der Waals surface area contributed by atoms with Gasteiger partial charge in [-0.25, -0.2) is 9.69 Å². The van der Waals surface area contributed by atoms with E-state index in [9.17, 15) is 29.3 Å². The molecular weight excluding hydrogens is 430 g/mol. The Hall–Kier alpha value is -4.34. The molecule has 1 heterocycles. The molecule has 10 nitrogen and oxygen atoms in total. The number of carbonyl (C=O) groups is 4. The van der Waals surface area contributed by atoms with Gasteiger partial charge in [0.15, 0.2) is 0 Å². The summed E-state index contributed by atoms with van der Waals surface area (Å²) < 4.78 is 4.92. The van der Waals surface area contributed by atoms with Crippen molar-refractivity contribution < 1.29 is 28.8 Å². The average Bonchev–Trinajstić information content (AvgIpc) is 3.10. The number of amides is 3. The number of nitro benzene ring substituents is 1. The molecule has 1 aliphatic rings. The molecule has 0 aliphatic carbocycles. The lowest BCUT2D eigenvalue weighted by molar-refractivity contribution is -0.384. The van der Waals surface area contributed by atoms with Crippen LogP contribution in [0.15, 0.2) is 61.2 Å². The number of rotatable bonds is 8. The number of imide groups is 1. The lowest BCUT2D eigenvalue weighted by atomic mass is 10.1. The third kappa shape index (κ3) is 4.79. The van der Waals surface area contributed by atoms with Gasteiger partial charge < -0.3 is 9.64 Å². The van der Waals surface area contributed by atoms with E-state index in [1.54, 1.807) is 6.92 Å². The van der Waals surface area contributed by atoms with Gasteiger partial charge in [0.2, 0.25) is 5.91 Å². The number of carbonyl (C=O) groups excluding carboxylic acids is 4. The minimum absolute atomic E-state index is 0.00482. The summed E-state index contributed by atoms with van der Waals surface area (Å²) >= 11 is 0. The van der Waals surface area contributed by atoms with E-state index in [4.69, 9.17) is 4.74 Å². The largest absolute Gasteiger partial charge is 0.462 e. The summed E-state index contributed by atoms with van der Waals surface area (Å²) in [5.74, 6) is -2.18. The Bertz CT molecular complexity index is 1110. The lowest BCUT2D eigenvalue weighted by Crippen LogP contribution is -2.45. The molecule has 2 aromatic rings. The Labute approximate surface area is 189 Å². The first-order valence-electron chi connectivity index (χ1n) is 10.1. The highest BCUT2D eigenvalue weighted by Gasteiger charge is 2.44. The van der Waals surface area contributed by atoms with Crippen LogP contribution in [0.2, 0.25) is 0 Å². The fourth-order valence-corrected chi connectivity index (χ4v) is 3.47. The van der Waals surface area contributed by atoms with Crippen molar-refractivity contribution in [2.45, 2.75) is 19.4 Å². The van der Waals surface area contributed by atoms with Crippen LogP contribution in [0.4, 0.5) is 11.4 Å². The zero-order valence-electron chi connectivity index (χ0n) is 17.8. The summed E-state index contributed by atoms with van der Waals surface area (Å²) in [7, 11) is 0. The number of non-ortho nitro benzene ring substituents is 1. The quantitative estimate of drug-likeness (QED) is 0.198. The number of esters is 1. The van der Waals surface area contributed by atoms with Gasteiger partial charge in [0.05, 0.1) is 29.2 Å². The molecule has 10 heteroatoms. The van der Waals surface area contributed by atoms with Gasteiger partial charge in [0, 0.05) is 24.2 Å². The van der Waals surface area contributed by atoms with E-state index in [1.807, 2.05) is 0 Å². The maximum Gasteiger partial charge on any atom is 0.338 e. The molecule has 1 unspecified atom stereocenters. The number of anilines is 1. The smallest absolute Gasteiger partial charge is 0.338 e. The zero-order valence-corrected chi connectivity index (χ0v) is 17.8. The fraction of sp³-hybridized carbons (Fsp3) is 0.217. The van der Waals surface area contributed by atoms with E-state index >= 15 is 0 Å². The topological polar surface area (TPSA) is 127 Å². The van der Waals surface area contributed by atoms with E-state index in [2.05, 4.69) is 6.58 Å². The van der Waals surface area contributed by atoms with Crippen LogP contribution in [-0.2, 0) is 14.3 Å². The zero-order chi connectivity index (χ0) is 24.1. The van der Waals surface area contributed by atoms with E-state index in [-0.39, 0.29) is 42.1 Å². The van der Waals surface area contributed by atoms with Crippen LogP contribution in [-0.4, -0.2) is 52.7 Å². The molecule has 0 spiro atoms. The van der Waals surface area contributed by atoms with Gasteiger partial charge in [0.1, 0.15) is 6.04 Å². The SMILES string of the molecule is C=CCN(C(=O)c1ccc([N+](=O)[O-])cc1)C1CC(=O)N(c2ccc(C(=O)OCC)cc2)C1=O. The Morgan fingerprint density at radius 2 is 1.76 bits per heavy atom. The normalized spacial score (nSPS) is 15.3. The predicted molar refractivity (Wildman–Crippen MR) is 118 cm³/mol. The van der Waals surface area contributed by atoms with Gasteiger partial charge >= 0.3 is 5.97 Å². The average molecular weight is 451 g/mol. The van der Waals surface area contributed by atoms with Gasteiger partial charge in [0.25, 0.3) is 17.5 Å². The third-order valence-electron chi connectivity index (χ3n) is 5.05. The van der Waals surface area contributed by atoms with Gasteiger partial charge in [-0.3, -0.25) is 24.5 Å². The molecule has 0 saturated carbocycles. The van der Waals surface area contributed by atoms with Crippen molar-refractivity contribution in [1.29, 1.82) is 0 Å². The Kier molecular flexibility index (Phi) is 6.97. The highest BCUT2D eigenvalue weighted by Crippen LogP contribution is 2.27. The number of ether oxygens (including phenoxy) is 1. The summed E-state index contributed by atoms with van der Waals surface area (Å²) in [5.41, 5.74) is 0.506. The molecule has 0 bridgehead atoms. The maximum atomic E-state index is 13.1. The van der Waals surface area contributed by atoms with Crippen LogP contribution in [0.5, 0.6) is 0 Å². The Balaban J connectivity index is 1.84. The number of hydrogen-bond acceptors (Lipinski definition) is 7. The first kappa shape index (κ1) is 23.3. The molecule has 0 aromatic heterocycles. The van der Waals surface area contributed by atoms with Crippen molar-refractivity contribution in [1.82, 2.24) is 4.90 Å². The monoisotopic (exact) mass is 451 g/mol.